The lowest BCUT2D eigenvalue weighted by molar-refractivity contribution is -0.154. The van der Waals surface area contributed by atoms with Gasteiger partial charge in [-0.1, -0.05) is 44.4 Å². The zero-order chi connectivity index (χ0) is 20.7. The van der Waals surface area contributed by atoms with E-state index in [9.17, 15) is 18.0 Å². The van der Waals surface area contributed by atoms with E-state index in [0.29, 0.717) is 13.1 Å². The van der Waals surface area contributed by atoms with Gasteiger partial charge in [-0.3, -0.25) is 9.59 Å². The molecule has 0 radical (unpaired) electrons. The molecule has 1 aliphatic heterocycles. The van der Waals surface area contributed by atoms with Gasteiger partial charge < -0.3 is 9.64 Å². The molecule has 156 valence electrons. The summed E-state index contributed by atoms with van der Waals surface area (Å²) in [6.45, 7) is 6.28. The summed E-state index contributed by atoms with van der Waals surface area (Å²) < 4.78 is 32.8. The third-order valence-corrected chi connectivity index (χ3v) is 6.29. The van der Waals surface area contributed by atoms with Gasteiger partial charge in [0.2, 0.25) is 10.0 Å². The Hall–Kier alpha value is -1.93. The molecule has 2 rings (SSSR count). The minimum atomic E-state index is -3.88. The minimum Gasteiger partial charge on any atom is -0.454 e. The van der Waals surface area contributed by atoms with Crippen molar-refractivity contribution in [1.29, 1.82) is 0 Å². The van der Waals surface area contributed by atoms with Gasteiger partial charge >= 0.3 is 5.97 Å². The number of hydrogen-bond donors (Lipinski definition) is 1. The molecule has 1 amide bonds. The van der Waals surface area contributed by atoms with E-state index in [4.69, 9.17) is 4.74 Å². The topological polar surface area (TPSA) is 92.8 Å². The average molecular weight is 411 g/mol. The van der Waals surface area contributed by atoms with Gasteiger partial charge in [0, 0.05) is 13.1 Å². The van der Waals surface area contributed by atoms with Crippen LogP contribution >= 0.6 is 0 Å². The predicted octanol–water partition coefficient (Wildman–Crippen LogP) is 2.24. The van der Waals surface area contributed by atoms with Crippen LogP contribution in [0.4, 0.5) is 0 Å². The molecule has 0 aliphatic carbocycles. The molecular formula is C20H30N2O5S. The monoisotopic (exact) mass is 410 g/mol. The van der Waals surface area contributed by atoms with Gasteiger partial charge in [0.25, 0.3) is 5.91 Å². The van der Waals surface area contributed by atoms with E-state index in [1.165, 1.54) is 12.1 Å². The standard InChI is InChI=1S/C20H30N2O5S/c1-15(2)19(21-28(25,26)17-10-8-16(3)9-11-17)20(24)27-14-18(23)22-12-6-4-5-7-13-22/h8-11,15,19,21H,4-7,12-14H2,1-3H3. The number of nitrogens with one attached hydrogen (secondary N) is 1. The van der Waals surface area contributed by atoms with Crippen LogP contribution in [0, 0.1) is 12.8 Å². The van der Waals surface area contributed by atoms with Gasteiger partial charge in [-0.2, -0.15) is 4.72 Å². The van der Waals surface area contributed by atoms with Crippen LogP contribution in [0.15, 0.2) is 29.2 Å². The van der Waals surface area contributed by atoms with Crippen molar-refractivity contribution in [3.8, 4) is 0 Å². The maximum atomic E-state index is 12.6. The molecule has 1 aromatic rings. The Bertz CT molecular complexity index is 766. The minimum absolute atomic E-state index is 0.0807. The summed E-state index contributed by atoms with van der Waals surface area (Å²) in [5.41, 5.74) is 0.936. The van der Waals surface area contributed by atoms with Gasteiger partial charge in [0.15, 0.2) is 6.61 Å². The second-order valence-electron chi connectivity index (χ2n) is 7.56. The Morgan fingerprint density at radius 1 is 1.07 bits per heavy atom. The quantitative estimate of drug-likeness (QED) is 0.696. The smallest absolute Gasteiger partial charge is 0.324 e. The first-order chi connectivity index (χ1) is 13.2. The lowest BCUT2D eigenvalue weighted by Gasteiger charge is -2.23. The van der Waals surface area contributed by atoms with Gasteiger partial charge in [-0.25, -0.2) is 8.42 Å². The van der Waals surface area contributed by atoms with Crippen LogP contribution in [-0.2, 0) is 24.3 Å². The maximum Gasteiger partial charge on any atom is 0.324 e. The van der Waals surface area contributed by atoms with Crippen molar-refractivity contribution in [1.82, 2.24) is 9.62 Å². The van der Waals surface area contributed by atoms with Crippen molar-refractivity contribution >= 4 is 21.9 Å². The number of aryl methyl sites for hydroxylation is 1. The van der Waals surface area contributed by atoms with E-state index in [0.717, 1.165) is 31.2 Å². The number of amides is 1. The zero-order valence-electron chi connectivity index (χ0n) is 16.8. The molecule has 1 N–H and O–H groups in total. The second kappa shape index (κ2) is 10.0. The molecule has 7 nitrogen and oxygen atoms in total. The third kappa shape index (κ3) is 6.31. The highest BCUT2D eigenvalue weighted by molar-refractivity contribution is 7.89. The lowest BCUT2D eigenvalue weighted by atomic mass is 10.1. The van der Waals surface area contributed by atoms with E-state index in [1.807, 2.05) is 6.92 Å². The summed E-state index contributed by atoms with van der Waals surface area (Å²) in [5.74, 6) is -1.31. The average Bonchev–Trinajstić information content (AvgIpc) is 2.93. The summed E-state index contributed by atoms with van der Waals surface area (Å²) in [6, 6.07) is 5.30. The van der Waals surface area contributed by atoms with E-state index in [2.05, 4.69) is 4.72 Å². The van der Waals surface area contributed by atoms with Crippen LogP contribution in [0.3, 0.4) is 0 Å². The fourth-order valence-electron chi connectivity index (χ4n) is 3.04. The predicted molar refractivity (Wildman–Crippen MR) is 106 cm³/mol. The number of carbonyl (C=O) groups excluding carboxylic acids is 2. The van der Waals surface area contributed by atoms with Gasteiger partial charge in [0.05, 0.1) is 4.90 Å². The van der Waals surface area contributed by atoms with Crippen molar-refractivity contribution in [3.63, 3.8) is 0 Å². The molecule has 8 heteroatoms. The van der Waals surface area contributed by atoms with Gasteiger partial charge in [-0.15, -0.1) is 0 Å². The highest BCUT2D eigenvalue weighted by Crippen LogP contribution is 2.14. The first kappa shape index (κ1) is 22.4. The zero-order valence-corrected chi connectivity index (χ0v) is 17.6. The Morgan fingerprint density at radius 2 is 1.64 bits per heavy atom. The van der Waals surface area contributed by atoms with Crippen molar-refractivity contribution < 1.29 is 22.7 Å². The molecule has 0 bridgehead atoms. The molecule has 1 aromatic carbocycles. The van der Waals surface area contributed by atoms with Crippen molar-refractivity contribution in [2.75, 3.05) is 19.7 Å². The molecule has 1 heterocycles. The Morgan fingerprint density at radius 3 is 2.18 bits per heavy atom. The summed E-state index contributed by atoms with van der Waals surface area (Å²) in [7, 11) is -3.88. The van der Waals surface area contributed by atoms with Gasteiger partial charge in [0.1, 0.15) is 6.04 Å². The SMILES string of the molecule is Cc1ccc(S(=O)(=O)NC(C(=O)OCC(=O)N2CCCCCC2)C(C)C)cc1. The van der Waals surface area contributed by atoms with Crippen LogP contribution in [0.25, 0.3) is 0 Å². The molecule has 0 aromatic heterocycles. The summed E-state index contributed by atoms with van der Waals surface area (Å²) >= 11 is 0. The first-order valence-corrected chi connectivity index (χ1v) is 11.2. The summed E-state index contributed by atoms with van der Waals surface area (Å²) in [6.07, 6.45) is 4.09. The molecule has 1 fully saturated rings. The largest absolute Gasteiger partial charge is 0.454 e. The summed E-state index contributed by atoms with van der Waals surface area (Å²) in [4.78, 5) is 26.6. The Kier molecular flexibility index (Phi) is 8.00. The number of sulfonamides is 1. The molecule has 1 unspecified atom stereocenters. The van der Waals surface area contributed by atoms with Crippen LogP contribution in [0.5, 0.6) is 0 Å². The van der Waals surface area contributed by atoms with Crippen molar-refractivity contribution in [2.24, 2.45) is 5.92 Å². The van der Waals surface area contributed by atoms with Crippen LogP contribution in [-0.4, -0.2) is 50.9 Å². The molecule has 1 atom stereocenters. The Balaban J connectivity index is 1.99. The number of carbonyl (C=O) groups is 2. The number of hydrogen-bond acceptors (Lipinski definition) is 5. The first-order valence-electron chi connectivity index (χ1n) is 9.74. The van der Waals surface area contributed by atoms with Crippen LogP contribution in [0.2, 0.25) is 0 Å². The van der Waals surface area contributed by atoms with Gasteiger partial charge in [-0.05, 0) is 37.8 Å². The van der Waals surface area contributed by atoms with Crippen LogP contribution < -0.4 is 4.72 Å². The number of benzene rings is 1. The Labute approximate surface area is 167 Å². The highest BCUT2D eigenvalue weighted by atomic mass is 32.2. The number of esters is 1. The van der Waals surface area contributed by atoms with Crippen molar-refractivity contribution in [3.05, 3.63) is 29.8 Å². The molecule has 1 saturated heterocycles. The molecule has 0 spiro atoms. The van der Waals surface area contributed by atoms with E-state index in [1.54, 1.807) is 30.9 Å². The molecule has 1 aliphatic rings. The number of rotatable bonds is 7. The van der Waals surface area contributed by atoms with E-state index >= 15 is 0 Å². The maximum absolute atomic E-state index is 12.6. The number of likely N-dealkylation sites (tertiary alicyclic amines) is 1. The molecule has 0 saturated carbocycles. The molecule has 28 heavy (non-hydrogen) atoms. The molecular weight excluding hydrogens is 380 g/mol. The number of ether oxygens (including phenoxy) is 1. The van der Waals surface area contributed by atoms with E-state index < -0.39 is 22.0 Å². The fraction of sp³-hybridized carbons (Fsp3) is 0.600. The fourth-order valence-corrected chi connectivity index (χ4v) is 4.38. The van der Waals surface area contributed by atoms with Crippen molar-refractivity contribution in [2.45, 2.75) is 57.4 Å². The highest BCUT2D eigenvalue weighted by Gasteiger charge is 2.30. The second-order valence-corrected chi connectivity index (χ2v) is 9.27. The normalized spacial score (nSPS) is 16.5. The lowest BCUT2D eigenvalue weighted by Crippen LogP contribution is -2.46. The number of nitrogens with zero attached hydrogens (tertiary/aromatic N) is 1. The third-order valence-electron chi connectivity index (χ3n) is 4.83. The summed E-state index contributed by atoms with van der Waals surface area (Å²) in [5, 5.41) is 0. The van der Waals surface area contributed by atoms with E-state index in [-0.39, 0.29) is 23.3 Å². The van der Waals surface area contributed by atoms with Crippen LogP contribution in [0.1, 0.15) is 45.1 Å².